The molecule has 0 aliphatic heterocycles. The van der Waals surface area contributed by atoms with Gasteiger partial charge in [-0.3, -0.25) is 4.79 Å². The van der Waals surface area contributed by atoms with Crippen LogP contribution in [0.4, 0.5) is 4.39 Å². The molecule has 3 aromatic rings. The molecule has 0 spiro atoms. The highest BCUT2D eigenvalue weighted by Crippen LogP contribution is 2.26. The van der Waals surface area contributed by atoms with Crippen LogP contribution in [0.3, 0.4) is 0 Å². The third-order valence-electron chi connectivity index (χ3n) is 4.21. The van der Waals surface area contributed by atoms with Gasteiger partial charge in [0.25, 0.3) is 0 Å². The van der Waals surface area contributed by atoms with Crippen molar-refractivity contribution in [3.8, 4) is 11.4 Å². The van der Waals surface area contributed by atoms with Crippen LogP contribution in [0.15, 0.2) is 53.7 Å². The predicted octanol–water partition coefficient (Wildman–Crippen LogP) is 4.11. The molecule has 0 aliphatic rings. The van der Waals surface area contributed by atoms with Gasteiger partial charge in [0.1, 0.15) is 5.82 Å². The van der Waals surface area contributed by atoms with Crippen LogP contribution >= 0.6 is 23.4 Å². The van der Waals surface area contributed by atoms with E-state index >= 15 is 0 Å². The van der Waals surface area contributed by atoms with E-state index in [0.29, 0.717) is 29.0 Å². The smallest absolute Gasteiger partial charge is 0.233 e. The molecule has 1 heterocycles. The van der Waals surface area contributed by atoms with Gasteiger partial charge in [-0.05, 0) is 55.3 Å². The zero-order valence-corrected chi connectivity index (χ0v) is 17.1. The molecule has 0 fully saturated rings. The van der Waals surface area contributed by atoms with E-state index in [1.807, 2.05) is 30.7 Å². The zero-order valence-electron chi connectivity index (χ0n) is 15.5. The summed E-state index contributed by atoms with van der Waals surface area (Å²) < 4.78 is 14.8. The van der Waals surface area contributed by atoms with Gasteiger partial charge in [0.2, 0.25) is 5.91 Å². The summed E-state index contributed by atoms with van der Waals surface area (Å²) in [6.07, 6.45) is 0.647. The maximum absolute atomic E-state index is 12.9. The predicted molar refractivity (Wildman–Crippen MR) is 110 cm³/mol. The van der Waals surface area contributed by atoms with Gasteiger partial charge >= 0.3 is 0 Å². The molecule has 0 unspecified atom stereocenters. The summed E-state index contributed by atoms with van der Waals surface area (Å²) in [4.78, 5) is 12.4. The van der Waals surface area contributed by atoms with Gasteiger partial charge in [0, 0.05) is 24.2 Å². The van der Waals surface area contributed by atoms with Crippen molar-refractivity contribution in [1.82, 2.24) is 20.1 Å². The first-order valence-electron chi connectivity index (χ1n) is 8.78. The van der Waals surface area contributed by atoms with Crippen molar-refractivity contribution >= 4 is 29.3 Å². The van der Waals surface area contributed by atoms with Gasteiger partial charge in [-0.2, -0.15) is 0 Å². The molecule has 0 saturated heterocycles. The monoisotopic (exact) mass is 418 g/mol. The minimum atomic E-state index is -0.325. The summed E-state index contributed by atoms with van der Waals surface area (Å²) >= 11 is 7.27. The van der Waals surface area contributed by atoms with Crippen molar-refractivity contribution in [3.63, 3.8) is 0 Å². The van der Waals surface area contributed by atoms with E-state index in [1.54, 1.807) is 24.3 Å². The van der Waals surface area contributed by atoms with E-state index in [-0.39, 0.29) is 17.0 Å². The van der Waals surface area contributed by atoms with Crippen molar-refractivity contribution in [2.75, 3.05) is 6.54 Å². The molecule has 3 rings (SSSR count). The Labute approximate surface area is 172 Å². The molecule has 0 bridgehead atoms. The van der Waals surface area contributed by atoms with E-state index in [1.165, 1.54) is 23.9 Å². The zero-order chi connectivity index (χ0) is 20.1. The standard InChI is InChI=1S/C20H20ClFN4OS/c1-13(19(27)23-12-11-14-3-9-17(22)10-4-14)28-20-25-24-18(26(20)2)15-5-7-16(21)8-6-15/h3-10,13H,11-12H2,1-2H3,(H,23,27)/t13-/m0/s1. The number of carbonyl (C=O) groups excluding carboxylic acids is 1. The van der Waals surface area contributed by atoms with E-state index < -0.39 is 0 Å². The molecule has 28 heavy (non-hydrogen) atoms. The third kappa shape index (κ3) is 5.11. The van der Waals surface area contributed by atoms with Crippen LogP contribution in [0.1, 0.15) is 12.5 Å². The number of halogens is 2. The summed E-state index contributed by atoms with van der Waals surface area (Å²) in [6, 6.07) is 13.6. The number of aromatic nitrogens is 3. The maximum Gasteiger partial charge on any atom is 0.233 e. The number of nitrogens with zero attached hydrogens (tertiary/aromatic N) is 3. The van der Waals surface area contributed by atoms with Gasteiger partial charge in [0.15, 0.2) is 11.0 Å². The summed E-state index contributed by atoms with van der Waals surface area (Å²) in [5, 5.41) is 12.3. The third-order valence-corrected chi connectivity index (χ3v) is 5.60. The van der Waals surface area contributed by atoms with Crippen LogP contribution in [0.25, 0.3) is 11.4 Å². The fourth-order valence-corrected chi connectivity index (χ4v) is 3.57. The highest BCUT2D eigenvalue weighted by molar-refractivity contribution is 8.00. The molecule has 1 N–H and O–H groups in total. The highest BCUT2D eigenvalue weighted by atomic mass is 35.5. The van der Waals surface area contributed by atoms with Crippen LogP contribution in [0.2, 0.25) is 5.02 Å². The Morgan fingerprint density at radius 1 is 1.18 bits per heavy atom. The SMILES string of the molecule is C[C@H](Sc1nnc(-c2ccc(Cl)cc2)n1C)C(=O)NCCc1ccc(F)cc1. The van der Waals surface area contributed by atoms with E-state index in [9.17, 15) is 9.18 Å². The largest absolute Gasteiger partial charge is 0.355 e. The Kier molecular flexibility index (Phi) is 6.70. The van der Waals surface area contributed by atoms with Crippen molar-refractivity contribution in [1.29, 1.82) is 0 Å². The summed E-state index contributed by atoms with van der Waals surface area (Å²) in [6.45, 7) is 2.32. The molecule has 146 valence electrons. The molecule has 0 radical (unpaired) electrons. The van der Waals surface area contributed by atoms with Crippen molar-refractivity contribution in [2.45, 2.75) is 23.8 Å². The Balaban J connectivity index is 1.55. The van der Waals surface area contributed by atoms with Crippen molar-refractivity contribution in [3.05, 3.63) is 64.9 Å². The van der Waals surface area contributed by atoms with E-state index in [0.717, 1.165) is 11.1 Å². The molecule has 0 saturated carbocycles. The van der Waals surface area contributed by atoms with Gasteiger partial charge in [-0.25, -0.2) is 4.39 Å². The van der Waals surface area contributed by atoms with Crippen molar-refractivity contribution < 1.29 is 9.18 Å². The number of hydrogen-bond donors (Lipinski definition) is 1. The number of thioether (sulfide) groups is 1. The van der Waals surface area contributed by atoms with Gasteiger partial charge in [-0.1, -0.05) is 35.5 Å². The van der Waals surface area contributed by atoms with Crippen LogP contribution < -0.4 is 5.32 Å². The van der Waals surface area contributed by atoms with Crippen molar-refractivity contribution in [2.24, 2.45) is 7.05 Å². The Bertz CT molecular complexity index is 944. The minimum absolute atomic E-state index is 0.0804. The molecular formula is C20H20ClFN4OS. The second-order valence-corrected chi connectivity index (χ2v) is 8.04. The molecule has 1 amide bonds. The average molecular weight is 419 g/mol. The molecule has 2 aromatic carbocycles. The Morgan fingerprint density at radius 3 is 2.54 bits per heavy atom. The first-order chi connectivity index (χ1) is 13.4. The molecule has 1 aromatic heterocycles. The summed E-state index contributed by atoms with van der Waals surface area (Å²) in [7, 11) is 1.87. The molecule has 1 atom stereocenters. The molecular weight excluding hydrogens is 399 g/mol. The quantitative estimate of drug-likeness (QED) is 0.586. The van der Waals surface area contributed by atoms with Gasteiger partial charge in [-0.15, -0.1) is 10.2 Å². The normalized spacial score (nSPS) is 12.0. The van der Waals surface area contributed by atoms with Gasteiger partial charge in [0.05, 0.1) is 5.25 Å². The number of amides is 1. The molecule has 8 heteroatoms. The van der Waals surface area contributed by atoms with Crippen LogP contribution in [0.5, 0.6) is 0 Å². The number of benzene rings is 2. The second-order valence-electron chi connectivity index (χ2n) is 6.30. The Hall–Kier alpha value is -2.38. The fraction of sp³-hybridized carbons (Fsp3) is 0.250. The maximum atomic E-state index is 12.9. The lowest BCUT2D eigenvalue weighted by Crippen LogP contribution is -2.32. The summed E-state index contributed by atoms with van der Waals surface area (Å²) in [5.41, 5.74) is 1.88. The highest BCUT2D eigenvalue weighted by Gasteiger charge is 2.19. The van der Waals surface area contributed by atoms with E-state index in [4.69, 9.17) is 11.6 Å². The van der Waals surface area contributed by atoms with Crippen LogP contribution in [0, 0.1) is 5.82 Å². The molecule has 0 aliphatic carbocycles. The Morgan fingerprint density at radius 2 is 1.86 bits per heavy atom. The first-order valence-corrected chi connectivity index (χ1v) is 10.0. The average Bonchev–Trinajstić information content (AvgIpc) is 3.04. The number of rotatable bonds is 7. The van der Waals surface area contributed by atoms with Gasteiger partial charge < -0.3 is 9.88 Å². The van der Waals surface area contributed by atoms with Crippen LogP contribution in [-0.4, -0.2) is 32.5 Å². The topological polar surface area (TPSA) is 59.8 Å². The minimum Gasteiger partial charge on any atom is -0.355 e. The lowest BCUT2D eigenvalue weighted by molar-refractivity contribution is -0.120. The number of hydrogen-bond acceptors (Lipinski definition) is 4. The van der Waals surface area contributed by atoms with E-state index in [2.05, 4.69) is 15.5 Å². The summed E-state index contributed by atoms with van der Waals surface area (Å²) in [5.74, 6) is 0.366. The molecule has 5 nitrogen and oxygen atoms in total. The lowest BCUT2D eigenvalue weighted by atomic mass is 10.1. The number of nitrogens with one attached hydrogen (secondary N) is 1. The lowest BCUT2D eigenvalue weighted by Gasteiger charge is -2.12. The first kappa shape index (κ1) is 20.4. The van der Waals surface area contributed by atoms with Crippen LogP contribution in [-0.2, 0) is 18.3 Å². The second kappa shape index (κ2) is 9.21. The number of carbonyl (C=O) groups is 1. The fourth-order valence-electron chi connectivity index (χ4n) is 2.60.